The summed E-state index contributed by atoms with van der Waals surface area (Å²) in [5.41, 5.74) is 4.59. The third kappa shape index (κ3) is 4.96. The molecule has 2 aromatic carbocycles. The Balaban J connectivity index is 1.85. The highest BCUT2D eigenvalue weighted by Gasteiger charge is 2.16. The second kappa shape index (κ2) is 8.67. The van der Waals surface area contributed by atoms with Crippen molar-refractivity contribution in [3.63, 3.8) is 0 Å². The molecular weight excluding hydrogens is 368 g/mol. The maximum atomic E-state index is 12.8. The van der Waals surface area contributed by atoms with Gasteiger partial charge < -0.3 is 10.6 Å². The average molecular weight is 391 g/mol. The van der Waals surface area contributed by atoms with Crippen LogP contribution in [0.25, 0.3) is 6.08 Å². The van der Waals surface area contributed by atoms with Crippen LogP contribution in [-0.4, -0.2) is 11.8 Å². The van der Waals surface area contributed by atoms with Gasteiger partial charge >= 0.3 is 0 Å². The van der Waals surface area contributed by atoms with Gasteiger partial charge in [0.2, 0.25) is 0 Å². The van der Waals surface area contributed by atoms with Gasteiger partial charge in [-0.3, -0.25) is 9.59 Å². The molecule has 28 heavy (non-hydrogen) atoms. The molecule has 0 atom stereocenters. The molecule has 0 saturated carbocycles. The highest BCUT2D eigenvalue weighted by atomic mass is 32.1. The molecular formula is C23H22N2O2S. The van der Waals surface area contributed by atoms with Crippen LogP contribution >= 0.6 is 11.3 Å². The molecule has 4 nitrogen and oxygen atoms in total. The molecule has 2 N–H and O–H groups in total. The van der Waals surface area contributed by atoms with Crippen LogP contribution in [0.5, 0.6) is 0 Å². The quantitative estimate of drug-likeness (QED) is 0.597. The van der Waals surface area contributed by atoms with Gasteiger partial charge in [0, 0.05) is 16.1 Å². The molecule has 1 aromatic heterocycles. The highest BCUT2D eigenvalue weighted by Crippen LogP contribution is 2.16. The Labute approximate surface area is 168 Å². The summed E-state index contributed by atoms with van der Waals surface area (Å²) in [4.78, 5) is 26.5. The molecule has 1 heterocycles. The molecule has 0 fully saturated rings. The molecule has 3 rings (SSSR count). The second-order valence-corrected chi connectivity index (χ2v) is 7.63. The minimum atomic E-state index is -0.365. The Morgan fingerprint density at radius 2 is 1.75 bits per heavy atom. The number of nitrogens with one attached hydrogen (secondary N) is 2. The predicted octanol–water partition coefficient (Wildman–Crippen LogP) is 5.08. The fraction of sp³-hybridized carbons (Fsp3) is 0.130. The molecule has 3 aromatic rings. The molecule has 0 aliphatic heterocycles. The molecule has 0 aliphatic carbocycles. The smallest absolute Gasteiger partial charge is 0.272 e. The van der Waals surface area contributed by atoms with E-state index in [4.69, 9.17) is 0 Å². The molecule has 0 saturated heterocycles. The van der Waals surface area contributed by atoms with E-state index in [1.165, 1.54) is 11.3 Å². The van der Waals surface area contributed by atoms with Crippen molar-refractivity contribution < 1.29 is 9.59 Å². The number of carbonyl (C=O) groups is 2. The van der Waals surface area contributed by atoms with Gasteiger partial charge in [-0.2, -0.15) is 0 Å². The van der Waals surface area contributed by atoms with Crippen molar-refractivity contribution in [3.05, 3.63) is 92.8 Å². The van der Waals surface area contributed by atoms with Gasteiger partial charge in [-0.15, -0.1) is 11.3 Å². The van der Waals surface area contributed by atoms with Crippen molar-refractivity contribution >= 4 is 34.9 Å². The number of benzene rings is 2. The summed E-state index contributed by atoms with van der Waals surface area (Å²) in [5, 5.41) is 7.55. The van der Waals surface area contributed by atoms with Gasteiger partial charge in [-0.25, -0.2) is 0 Å². The average Bonchev–Trinajstić information content (AvgIpc) is 3.16. The highest BCUT2D eigenvalue weighted by molar-refractivity contribution is 7.10. The van der Waals surface area contributed by atoms with E-state index in [0.29, 0.717) is 11.3 Å². The minimum absolute atomic E-state index is 0.201. The fourth-order valence-corrected chi connectivity index (χ4v) is 3.33. The largest absolute Gasteiger partial charge is 0.321 e. The number of carbonyl (C=O) groups excluding carboxylic acids is 2. The van der Waals surface area contributed by atoms with Crippen molar-refractivity contribution in [3.8, 4) is 0 Å². The normalized spacial score (nSPS) is 11.2. The zero-order chi connectivity index (χ0) is 20.1. The van der Waals surface area contributed by atoms with E-state index in [1.807, 2.05) is 74.7 Å². The summed E-state index contributed by atoms with van der Waals surface area (Å²) >= 11 is 1.50. The number of rotatable bonds is 5. The molecule has 0 unspecified atom stereocenters. The molecule has 5 heteroatoms. The van der Waals surface area contributed by atoms with Gasteiger partial charge in [0.15, 0.2) is 0 Å². The summed E-state index contributed by atoms with van der Waals surface area (Å²) in [6.45, 7) is 5.91. The van der Waals surface area contributed by atoms with Crippen molar-refractivity contribution in [2.24, 2.45) is 0 Å². The van der Waals surface area contributed by atoms with Crippen LogP contribution < -0.4 is 10.6 Å². The fourth-order valence-electron chi connectivity index (χ4n) is 2.67. The van der Waals surface area contributed by atoms with Gasteiger partial charge in [0.05, 0.1) is 0 Å². The van der Waals surface area contributed by atoms with Crippen LogP contribution in [0.2, 0.25) is 0 Å². The summed E-state index contributed by atoms with van der Waals surface area (Å²) in [7, 11) is 0. The van der Waals surface area contributed by atoms with E-state index in [-0.39, 0.29) is 17.5 Å². The molecule has 0 radical (unpaired) electrons. The topological polar surface area (TPSA) is 58.2 Å². The van der Waals surface area contributed by atoms with Crippen molar-refractivity contribution in [1.29, 1.82) is 0 Å². The van der Waals surface area contributed by atoms with Crippen molar-refractivity contribution in [2.75, 3.05) is 5.32 Å². The number of anilines is 1. The first kappa shape index (κ1) is 19.6. The lowest BCUT2D eigenvalue weighted by molar-refractivity contribution is -0.113. The van der Waals surface area contributed by atoms with E-state index in [0.717, 1.165) is 21.6 Å². The van der Waals surface area contributed by atoms with E-state index >= 15 is 0 Å². The van der Waals surface area contributed by atoms with Crippen molar-refractivity contribution in [1.82, 2.24) is 5.32 Å². The third-order valence-electron chi connectivity index (χ3n) is 4.37. The first-order valence-corrected chi connectivity index (χ1v) is 9.82. The first-order chi connectivity index (χ1) is 13.4. The maximum absolute atomic E-state index is 12.8. The van der Waals surface area contributed by atoms with Crippen LogP contribution in [0.15, 0.2) is 65.7 Å². The van der Waals surface area contributed by atoms with Crippen LogP contribution in [0.1, 0.15) is 31.9 Å². The monoisotopic (exact) mass is 390 g/mol. The molecule has 2 amide bonds. The lowest BCUT2D eigenvalue weighted by Gasteiger charge is -2.12. The first-order valence-electron chi connectivity index (χ1n) is 8.94. The Bertz CT molecular complexity index is 1040. The number of thiophene rings is 1. The van der Waals surface area contributed by atoms with Gasteiger partial charge in [0.25, 0.3) is 11.8 Å². The number of hydrogen-bond acceptors (Lipinski definition) is 3. The third-order valence-corrected chi connectivity index (χ3v) is 5.19. The Kier molecular flexibility index (Phi) is 6.06. The Morgan fingerprint density at radius 1 is 0.929 bits per heavy atom. The standard InChI is InChI=1S/C23H22N2O2S/c1-15-6-4-7-19(12-15)24-23(27)21(14-20-8-5-11-28-20)25-22(26)18-10-9-16(2)17(3)13-18/h4-14H,1-3H3,(H,24,27)(H,25,26). The minimum Gasteiger partial charge on any atom is -0.321 e. The van der Waals surface area contributed by atoms with Gasteiger partial charge in [-0.1, -0.05) is 24.3 Å². The predicted molar refractivity (Wildman–Crippen MR) is 115 cm³/mol. The second-order valence-electron chi connectivity index (χ2n) is 6.65. The summed E-state index contributed by atoms with van der Waals surface area (Å²) < 4.78 is 0. The summed E-state index contributed by atoms with van der Waals surface area (Å²) in [6, 6.07) is 16.8. The molecule has 142 valence electrons. The van der Waals surface area contributed by atoms with E-state index in [9.17, 15) is 9.59 Å². The van der Waals surface area contributed by atoms with Crippen LogP contribution in [0, 0.1) is 20.8 Å². The number of aryl methyl sites for hydroxylation is 3. The lowest BCUT2D eigenvalue weighted by Crippen LogP contribution is -2.30. The van der Waals surface area contributed by atoms with Crippen LogP contribution in [0.3, 0.4) is 0 Å². The zero-order valence-electron chi connectivity index (χ0n) is 16.1. The Morgan fingerprint density at radius 3 is 2.43 bits per heavy atom. The summed E-state index contributed by atoms with van der Waals surface area (Å²) in [5.74, 6) is -0.679. The molecule has 0 spiro atoms. The van der Waals surface area contributed by atoms with E-state index in [2.05, 4.69) is 10.6 Å². The number of hydrogen-bond donors (Lipinski definition) is 2. The van der Waals surface area contributed by atoms with Crippen LogP contribution in [-0.2, 0) is 4.79 Å². The lowest BCUT2D eigenvalue weighted by atomic mass is 10.1. The van der Waals surface area contributed by atoms with Gasteiger partial charge in [0.1, 0.15) is 5.70 Å². The van der Waals surface area contributed by atoms with Crippen molar-refractivity contribution in [2.45, 2.75) is 20.8 Å². The Hall–Kier alpha value is -3.18. The molecule has 0 aliphatic rings. The van der Waals surface area contributed by atoms with Crippen LogP contribution in [0.4, 0.5) is 5.69 Å². The zero-order valence-corrected chi connectivity index (χ0v) is 16.9. The maximum Gasteiger partial charge on any atom is 0.272 e. The van der Waals surface area contributed by atoms with Gasteiger partial charge in [-0.05, 0) is 79.2 Å². The summed E-state index contributed by atoms with van der Waals surface area (Å²) in [6.07, 6.45) is 1.69. The van der Waals surface area contributed by atoms with E-state index < -0.39 is 0 Å². The number of amides is 2. The van der Waals surface area contributed by atoms with E-state index in [1.54, 1.807) is 12.1 Å². The SMILES string of the molecule is Cc1cccc(NC(=O)C(=Cc2cccs2)NC(=O)c2ccc(C)c(C)c2)c1. The molecule has 0 bridgehead atoms.